The molecule has 0 radical (unpaired) electrons. The van der Waals surface area contributed by atoms with Crippen molar-refractivity contribution >= 4 is 50.7 Å². The Balaban J connectivity index is 1.84. The van der Waals surface area contributed by atoms with E-state index in [1.807, 2.05) is 58.0 Å². The molecule has 2 amide bonds. The molecular weight excluding hydrogens is 641 g/mol. The van der Waals surface area contributed by atoms with E-state index in [1.165, 1.54) is 17.0 Å². The molecule has 0 aliphatic rings. The number of sulfonamides is 1. The van der Waals surface area contributed by atoms with Gasteiger partial charge in [0.15, 0.2) is 0 Å². The number of nitrogens with zero attached hydrogens (tertiary/aromatic N) is 2. The molecule has 46 heavy (non-hydrogen) atoms. The van der Waals surface area contributed by atoms with E-state index in [4.69, 9.17) is 23.2 Å². The number of hydrogen-bond donors (Lipinski definition) is 1. The van der Waals surface area contributed by atoms with Crippen molar-refractivity contribution in [2.75, 3.05) is 10.8 Å². The monoisotopic (exact) mass is 679 g/mol. The van der Waals surface area contributed by atoms with E-state index in [2.05, 4.69) is 5.32 Å². The van der Waals surface area contributed by atoms with Crippen LogP contribution >= 0.6 is 23.2 Å². The summed E-state index contributed by atoms with van der Waals surface area (Å²) in [4.78, 5) is 30.0. The smallest absolute Gasteiger partial charge is 0.264 e. The molecule has 0 heterocycles. The lowest BCUT2D eigenvalue weighted by Gasteiger charge is -2.34. The first-order valence-electron chi connectivity index (χ1n) is 15.1. The Kier molecular flexibility index (Phi) is 11.9. The molecule has 0 aliphatic carbocycles. The van der Waals surface area contributed by atoms with Crippen LogP contribution in [0.2, 0.25) is 10.0 Å². The average molecular weight is 681 g/mol. The van der Waals surface area contributed by atoms with Gasteiger partial charge in [-0.1, -0.05) is 102 Å². The van der Waals surface area contributed by atoms with Gasteiger partial charge in [0.25, 0.3) is 10.0 Å². The predicted octanol–water partition coefficient (Wildman–Crippen LogP) is 7.36. The molecule has 4 rings (SSSR count). The Morgan fingerprint density at radius 3 is 1.93 bits per heavy atom. The third kappa shape index (κ3) is 8.69. The van der Waals surface area contributed by atoms with E-state index in [-0.39, 0.29) is 29.8 Å². The molecule has 2 atom stereocenters. The number of nitrogens with one attached hydrogen (secondary N) is 1. The second-order valence-corrected chi connectivity index (χ2v) is 14.1. The fourth-order valence-corrected chi connectivity index (χ4v) is 6.86. The van der Waals surface area contributed by atoms with Gasteiger partial charge in [0, 0.05) is 34.6 Å². The van der Waals surface area contributed by atoms with Gasteiger partial charge in [0.1, 0.15) is 12.6 Å². The Bertz CT molecular complexity index is 1730. The lowest BCUT2D eigenvalue weighted by Crippen LogP contribution is -2.54. The first kappa shape index (κ1) is 35.0. The summed E-state index contributed by atoms with van der Waals surface area (Å²) in [5.74, 6) is -0.953. The quantitative estimate of drug-likeness (QED) is 0.160. The van der Waals surface area contributed by atoms with Crippen molar-refractivity contribution in [3.05, 3.63) is 129 Å². The normalized spacial score (nSPS) is 12.7. The molecular formula is C36H39Cl2N3O4S. The van der Waals surface area contributed by atoms with Gasteiger partial charge >= 0.3 is 0 Å². The molecule has 4 aromatic rings. The topological polar surface area (TPSA) is 86.8 Å². The van der Waals surface area contributed by atoms with Crippen molar-refractivity contribution in [2.45, 2.75) is 64.1 Å². The Labute approximate surface area is 282 Å². The van der Waals surface area contributed by atoms with Gasteiger partial charge in [0.05, 0.1) is 10.6 Å². The van der Waals surface area contributed by atoms with Gasteiger partial charge in [-0.3, -0.25) is 13.9 Å². The highest BCUT2D eigenvalue weighted by molar-refractivity contribution is 7.92. The van der Waals surface area contributed by atoms with Crippen LogP contribution in [0.5, 0.6) is 0 Å². The number of benzene rings is 4. The molecule has 0 saturated heterocycles. The molecule has 7 nitrogen and oxygen atoms in total. The van der Waals surface area contributed by atoms with E-state index in [9.17, 15) is 18.0 Å². The molecule has 242 valence electrons. The Morgan fingerprint density at radius 2 is 1.37 bits per heavy atom. The zero-order valence-corrected chi connectivity index (χ0v) is 28.7. The minimum atomic E-state index is -4.20. The molecule has 4 aromatic carbocycles. The van der Waals surface area contributed by atoms with E-state index < -0.39 is 28.5 Å². The summed E-state index contributed by atoms with van der Waals surface area (Å²) >= 11 is 13.2. The maximum atomic E-state index is 14.6. The Hall–Kier alpha value is -3.85. The number of aryl methyl sites for hydroxylation is 2. The summed E-state index contributed by atoms with van der Waals surface area (Å²) in [5.41, 5.74) is 3.44. The molecule has 0 fully saturated rings. The fourth-order valence-electron chi connectivity index (χ4n) is 4.93. The third-order valence-electron chi connectivity index (χ3n) is 7.87. The van der Waals surface area contributed by atoms with Gasteiger partial charge in [-0.15, -0.1) is 0 Å². The minimum absolute atomic E-state index is 0.0440. The second kappa shape index (κ2) is 15.6. The second-order valence-electron chi connectivity index (χ2n) is 11.4. The maximum Gasteiger partial charge on any atom is 0.264 e. The average Bonchev–Trinajstić information content (AvgIpc) is 3.03. The molecule has 0 aliphatic heterocycles. The third-order valence-corrected chi connectivity index (χ3v) is 10.4. The van der Waals surface area contributed by atoms with Gasteiger partial charge in [-0.25, -0.2) is 8.42 Å². The predicted molar refractivity (Wildman–Crippen MR) is 186 cm³/mol. The first-order valence-corrected chi connectivity index (χ1v) is 17.3. The van der Waals surface area contributed by atoms with Crippen LogP contribution in [0.1, 0.15) is 42.5 Å². The molecule has 0 saturated carbocycles. The lowest BCUT2D eigenvalue weighted by molar-refractivity contribution is -0.140. The molecule has 0 bridgehead atoms. The highest BCUT2D eigenvalue weighted by Crippen LogP contribution is 2.29. The minimum Gasteiger partial charge on any atom is -0.352 e. The lowest BCUT2D eigenvalue weighted by atomic mass is 10.0. The van der Waals surface area contributed by atoms with Crippen LogP contribution in [0.3, 0.4) is 0 Å². The summed E-state index contributed by atoms with van der Waals surface area (Å²) in [6, 6.07) is 26.6. The van der Waals surface area contributed by atoms with Crippen molar-refractivity contribution in [2.24, 2.45) is 0 Å². The Morgan fingerprint density at radius 1 is 0.804 bits per heavy atom. The standard InChI is InChI=1S/C36H39Cl2N3O4S/c1-5-27(4)39-36(43)34(22-28-10-7-6-8-11-28)40(23-31-32(37)12-9-13-33(31)38)35(42)24-41(29-18-14-25(2)15-19-29)46(44,45)30-20-16-26(3)17-21-30/h6-21,27,34H,5,22-24H2,1-4H3,(H,39,43)/t27-,34+/m1/s1. The molecule has 10 heteroatoms. The first-order chi connectivity index (χ1) is 21.9. The van der Waals surface area contributed by atoms with Crippen LogP contribution in [0, 0.1) is 13.8 Å². The summed E-state index contributed by atoms with van der Waals surface area (Å²) in [6.45, 7) is 6.93. The van der Waals surface area contributed by atoms with Gasteiger partial charge in [-0.2, -0.15) is 0 Å². The summed E-state index contributed by atoms with van der Waals surface area (Å²) in [7, 11) is -4.20. The van der Waals surface area contributed by atoms with Crippen LogP contribution in [-0.4, -0.2) is 43.8 Å². The van der Waals surface area contributed by atoms with Crippen LogP contribution in [0.15, 0.2) is 102 Å². The highest BCUT2D eigenvalue weighted by atomic mass is 35.5. The number of carbonyl (C=O) groups excluding carboxylic acids is 2. The zero-order chi connectivity index (χ0) is 33.4. The molecule has 0 unspecified atom stereocenters. The van der Waals surface area contributed by atoms with Crippen LogP contribution < -0.4 is 9.62 Å². The number of halogens is 2. The van der Waals surface area contributed by atoms with Crippen molar-refractivity contribution in [1.82, 2.24) is 10.2 Å². The highest BCUT2D eigenvalue weighted by Gasteiger charge is 2.35. The van der Waals surface area contributed by atoms with Crippen molar-refractivity contribution < 1.29 is 18.0 Å². The number of amides is 2. The van der Waals surface area contributed by atoms with Crippen LogP contribution in [0.25, 0.3) is 0 Å². The van der Waals surface area contributed by atoms with Crippen LogP contribution in [0.4, 0.5) is 5.69 Å². The summed E-state index contributed by atoms with van der Waals surface area (Å²) < 4.78 is 29.4. The van der Waals surface area contributed by atoms with Gasteiger partial charge < -0.3 is 10.2 Å². The van der Waals surface area contributed by atoms with Crippen LogP contribution in [-0.2, 0) is 32.6 Å². The van der Waals surface area contributed by atoms with E-state index >= 15 is 0 Å². The van der Waals surface area contributed by atoms with E-state index in [1.54, 1.807) is 54.6 Å². The number of carbonyl (C=O) groups is 2. The SMILES string of the molecule is CC[C@@H](C)NC(=O)[C@H](Cc1ccccc1)N(Cc1c(Cl)cccc1Cl)C(=O)CN(c1ccc(C)cc1)S(=O)(=O)c1ccc(C)cc1. The molecule has 0 aromatic heterocycles. The largest absolute Gasteiger partial charge is 0.352 e. The summed E-state index contributed by atoms with van der Waals surface area (Å²) in [6.07, 6.45) is 0.871. The number of rotatable bonds is 13. The summed E-state index contributed by atoms with van der Waals surface area (Å²) in [5, 5.41) is 3.68. The zero-order valence-electron chi connectivity index (χ0n) is 26.4. The van der Waals surface area contributed by atoms with Gasteiger partial charge in [-0.05, 0) is 69.2 Å². The maximum absolute atomic E-state index is 14.6. The van der Waals surface area contributed by atoms with Crippen molar-refractivity contribution in [1.29, 1.82) is 0 Å². The van der Waals surface area contributed by atoms with E-state index in [0.717, 1.165) is 21.0 Å². The number of anilines is 1. The van der Waals surface area contributed by atoms with E-state index in [0.29, 0.717) is 27.7 Å². The fraction of sp³-hybridized carbons (Fsp3) is 0.278. The molecule has 1 N–H and O–H groups in total. The molecule has 0 spiro atoms. The van der Waals surface area contributed by atoms with Crippen molar-refractivity contribution in [3.8, 4) is 0 Å². The van der Waals surface area contributed by atoms with Gasteiger partial charge in [0.2, 0.25) is 11.8 Å². The van der Waals surface area contributed by atoms with Crippen molar-refractivity contribution in [3.63, 3.8) is 0 Å². The number of hydrogen-bond acceptors (Lipinski definition) is 4.